The van der Waals surface area contributed by atoms with Crippen LogP contribution in [0.4, 0.5) is 0 Å². The molecule has 1 aliphatic heterocycles. The van der Waals surface area contributed by atoms with Crippen molar-refractivity contribution >= 4 is 27.6 Å². The van der Waals surface area contributed by atoms with Crippen LogP contribution in [-0.2, 0) is 26.2 Å². The summed E-state index contributed by atoms with van der Waals surface area (Å²) in [5, 5.41) is 0.384. The molecule has 0 spiro atoms. The molecule has 1 aromatic carbocycles. The summed E-state index contributed by atoms with van der Waals surface area (Å²) in [4.78, 5) is 15.8. The molecule has 30 heavy (non-hydrogen) atoms. The molecule has 10 heteroatoms. The zero-order valence-corrected chi connectivity index (χ0v) is 17.9. The van der Waals surface area contributed by atoms with Crippen molar-refractivity contribution < 1.29 is 27.4 Å². The third kappa shape index (κ3) is 6.58. The number of unbranched alkanes of at least 4 members (excludes halogenated alkanes) is 2. The van der Waals surface area contributed by atoms with E-state index in [4.69, 9.17) is 25.8 Å². The number of esters is 1. The average Bonchev–Trinajstić information content (AvgIpc) is 2.75. The standard InChI is InChI=1S/C20H23ClN2O6S/c21-19-8-5-15(13-22-19)14-29-20(24)4-2-1-3-9-23-30(25,26)16-6-7-17-18(12-16)28-11-10-27-17/h5-8,12-13,23H,1-4,9-11,14H2. The molecule has 0 unspecified atom stereocenters. The molecule has 0 fully saturated rings. The van der Waals surface area contributed by atoms with Gasteiger partial charge in [0.1, 0.15) is 25.0 Å². The Labute approximate surface area is 180 Å². The Morgan fingerprint density at radius 3 is 2.67 bits per heavy atom. The lowest BCUT2D eigenvalue weighted by molar-refractivity contribution is -0.145. The van der Waals surface area contributed by atoms with Gasteiger partial charge >= 0.3 is 5.97 Å². The Hall–Kier alpha value is -2.36. The molecular formula is C20H23ClN2O6S. The third-order valence-corrected chi connectivity index (χ3v) is 6.04. The zero-order valence-electron chi connectivity index (χ0n) is 16.3. The number of carbonyl (C=O) groups excluding carboxylic acids is 1. The molecule has 0 atom stereocenters. The largest absolute Gasteiger partial charge is 0.486 e. The second kappa shape index (κ2) is 10.6. The van der Waals surface area contributed by atoms with Crippen LogP contribution in [0.5, 0.6) is 11.5 Å². The number of hydrogen-bond donors (Lipinski definition) is 1. The van der Waals surface area contributed by atoms with E-state index >= 15 is 0 Å². The molecule has 2 heterocycles. The summed E-state index contributed by atoms with van der Waals surface area (Å²) >= 11 is 5.70. The number of hydrogen-bond acceptors (Lipinski definition) is 7. The highest BCUT2D eigenvalue weighted by atomic mass is 35.5. The summed E-state index contributed by atoms with van der Waals surface area (Å²) in [7, 11) is -3.63. The number of ether oxygens (including phenoxy) is 3. The zero-order chi connectivity index (χ0) is 21.4. The van der Waals surface area contributed by atoms with Crippen molar-refractivity contribution in [3.63, 3.8) is 0 Å². The van der Waals surface area contributed by atoms with Gasteiger partial charge in [-0.1, -0.05) is 24.1 Å². The van der Waals surface area contributed by atoms with Crippen molar-refractivity contribution in [2.45, 2.75) is 37.2 Å². The predicted octanol–water partition coefficient (Wildman–Crippen LogP) is 3.09. The van der Waals surface area contributed by atoms with Gasteiger partial charge in [-0.15, -0.1) is 0 Å². The normalized spacial score (nSPS) is 13.1. The number of halogens is 1. The number of carbonyl (C=O) groups is 1. The Bertz CT molecular complexity index is 966. The van der Waals surface area contributed by atoms with E-state index in [1.54, 1.807) is 24.4 Å². The number of sulfonamides is 1. The lowest BCUT2D eigenvalue weighted by Gasteiger charge is -2.18. The fourth-order valence-electron chi connectivity index (χ4n) is 2.78. The van der Waals surface area contributed by atoms with Gasteiger partial charge in [-0.25, -0.2) is 18.1 Å². The van der Waals surface area contributed by atoms with Crippen LogP contribution in [-0.4, -0.2) is 39.1 Å². The number of benzene rings is 1. The van der Waals surface area contributed by atoms with E-state index in [1.165, 1.54) is 12.1 Å². The molecule has 0 radical (unpaired) electrons. The summed E-state index contributed by atoms with van der Waals surface area (Å²) in [5.74, 6) is 0.665. The fourth-order valence-corrected chi connectivity index (χ4v) is 3.98. The van der Waals surface area contributed by atoms with Crippen LogP contribution in [0.2, 0.25) is 5.15 Å². The fraction of sp³-hybridized carbons (Fsp3) is 0.400. The molecule has 0 aliphatic carbocycles. The van der Waals surface area contributed by atoms with E-state index in [0.717, 1.165) is 5.56 Å². The highest BCUT2D eigenvalue weighted by Crippen LogP contribution is 2.32. The maximum atomic E-state index is 12.4. The van der Waals surface area contributed by atoms with Gasteiger partial charge in [0.05, 0.1) is 4.90 Å². The smallest absolute Gasteiger partial charge is 0.306 e. The van der Waals surface area contributed by atoms with Crippen LogP contribution in [0.3, 0.4) is 0 Å². The van der Waals surface area contributed by atoms with Crippen LogP contribution in [0.25, 0.3) is 0 Å². The summed E-state index contributed by atoms with van der Waals surface area (Å²) in [6, 6.07) is 7.92. The topological polar surface area (TPSA) is 104 Å². The van der Waals surface area contributed by atoms with Gasteiger partial charge < -0.3 is 14.2 Å². The van der Waals surface area contributed by atoms with Crippen molar-refractivity contribution in [1.29, 1.82) is 0 Å². The number of pyridine rings is 1. The summed E-state index contributed by atoms with van der Waals surface area (Å²) < 4.78 is 43.4. The number of nitrogens with zero attached hydrogens (tertiary/aromatic N) is 1. The van der Waals surface area contributed by atoms with Crippen molar-refractivity contribution in [1.82, 2.24) is 9.71 Å². The molecule has 162 valence electrons. The van der Waals surface area contributed by atoms with E-state index in [-0.39, 0.29) is 30.4 Å². The van der Waals surface area contributed by atoms with Crippen LogP contribution < -0.4 is 14.2 Å². The van der Waals surface area contributed by atoms with Gasteiger partial charge in [0.15, 0.2) is 11.5 Å². The highest BCUT2D eigenvalue weighted by molar-refractivity contribution is 7.89. The van der Waals surface area contributed by atoms with Gasteiger partial charge in [0.25, 0.3) is 0 Å². The molecule has 3 rings (SSSR count). The molecular weight excluding hydrogens is 432 g/mol. The van der Waals surface area contributed by atoms with Crippen molar-refractivity contribution in [2.24, 2.45) is 0 Å². The van der Waals surface area contributed by atoms with E-state index in [2.05, 4.69) is 9.71 Å². The van der Waals surface area contributed by atoms with Gasteiger partial charge in [-0.2, -0.15) is 0 Å². The van der Waals surface area contributed by atoms with E-state index < -0.39 is 10.0 Å². The van der Waals surface area contributed by atoms with E-state index in [1.807, 2.05) is 0 Å². The Morgan fingerprint density at radius 1 is 1.10 bits per heavy atom. The van der Waals surface area contributed by atoms with Crippen LogP contribution in [0.1, 0.15) is 31.2 Å². The number of fused-ring (bicyclic) bond motifs is 1. The van der Waals surface area contributed by atoms with Crippen LogP contribution in [0, 0.1) is 0 Å². The number of nitrogens with one attached hydrogen (secondary N) is 1. The molecule has 0 bridgehead atoms. The monoisotopic (exact) mass is 454 g/mol. The second-order valence-electron chi connectivity index (χ2n) is 6.66. The summed E-state index contributed by atoms with van der Waals surface area (Å²) in [6.45, 7) is 1.27. The van der Waals surface area contributed by atoms with Gasteiger partial charge in [0, 0.05) is 30.8 Å². The van der Waals surface area contributed by atoms with E-state index in [9.17, 15) is 13.2 Å². The van der Waals surface area contributed by atoms with Crippen molar-refractivity contribution in [3.05, 3.63) is 47.2 Å². The minimum atomic E-state index is -3.63. The molecule has 1 aromatic heterocycles. The third-order valence-electron chi connectivity index (χ3n) is 4.36. The van der Waals surface area contributed by atoms with Gasteiger partial charge in [-0.3, -0.25) is 4.79 Å². The van der Waals surface area contributed by atoms with Crippen LogP contribution >= 0.6 is 11.6 Å². The Balaban J connectivity index is 1.32. The molecule has 0 saturated carbocycles. The van der Waals surface area contributed by atoms with Crippen molar-refractivity contribution in [2.75, 3.05) is 19.8 Å². The molecule has 1 N–H and O–H groups in total. The number of aromatic nitrogens is 1. The molecule has 1 aliphatic rings. The lowest BCUT2D eigenvalue weighted by Crippen LogP contribution is -2.25. The van der Waals surface area contributed by atoms with Crippen molar-refractivity contribution in [3.8, 4) is 11.5 Å². The van der Waals surface area contributed by atoms with Gasteiger partial charge in [0.2, 0.25) is 10.0 Å². The quantitative estimate of drug-likeness (QED) is 0.334. The first-order valence-corrected chi connectivity index (χ1v) is 11.5. The Kier molecular flexibility index (Phi) is 7.89. The maximum absolute atomic E-state index is 12.4. The summed E-state index contributed by atoms with van der Waals surface area (Å²) in [6.07, 6.45) is 3.75. The second-order valence-corrected chi connectivity index (χ2v) is 8.82. The minimum Gasteiger partial charge on any atom is -0.486 e. The molecule has 0 saturated heterocycles. The molecule has 8 nitrogen and oxygen atoms in total. The lowest BCUT2D eigenvalue weighted by atomic mass is 10.2. The average molecular weight is 455 g/mol. The SMILES string of the molecule is O=C(CCCCCNS(=O)(=O)c1ccc2c(c1)OCCO2)OCc1ccc(Cl)nc1. The van der Waals surface area contributed by atoms with Gasteiger partial charge in [-0.05, 0) is 31.0 Å². The first-order valence-electron chi connectivity index (χ1n) is 9.59. The summed E-state index contributed by atoms with van der Waals surface area (Å²) in [5.41, 5.74) is 0.765. The van der Waals surface area contributed by atoms with Crippen LogP contribution in [0.15, 0.2) is 41.4 Å². The first kappa shape index (κ1) is 22.3. The minimum absolute atomic E-state index is 0.131. The predicted molar refractivity (Wildman–Crippen MR) is 110 cm³/mol. The highest BCUT2D eigenvalue weighted by Gasteiger charge is 2.18. The van der Waals surface area contributed by atoms with E-state index in [0.29, 0.717) is 49.1 Å². The Morgan fingerprint density at radius 2 is 1.90 bits per heavy atom. The maximum Gasteiger partial charge on any atom is 0.306 e. The first-order chi connectivity index (χ1) is 14.4. The number of rotatable bonds is 10. The molecule has 2 aromatic rings. The molecule has 0 amide bonds.